The maximum absolute atomic E-state index is 13.0. The highest BCUT2D eigenvalue weighted by Gasteiger charge is 2.26. The summed E-state index contributed by atoms with van der Waals surface area (Å²) in [6, 6.07) is 6.82. The van der Waals surface area contributed by atoms with Gasteiger partial charge in [0, 0.05) is 51.9 Å². The van der Waals surface area contributed by atoms with Crippen molar-refractivity contribution in [1.82, 2.24) is 19.5 Å². The molecule has 2 heterocycles. The minimum absolute atomic E-state index is 0.0336. The zero-order valence-corrected chi connectivity index (χ0v) is 23.2. The number of aromatic nitrogens is 1. The van der Waals surface area contributed by atoms with Crippen molar-refractivity contribution in [2.45, 2.75) is 43.7 Å². The van der Waals surface area contributed by atoms with Crippen LogP contribution in [-0.2, 0) is 21.4 Å². The van der Waals surface area contributed by atoms with Crippen LogP contribution in [0.15, 0.2) is 35.4 Å². The SMILES string of the molecule is COc1ccc(S(=O)(=O)N(C)CCC(=O)NC2CCN(c3ncc(CN(C)C)cc3Cl)CC2)c(C)c1. The fraction of sp³-hybridized carbons (Fsp3) is 0.520. The Morgan fingerprint density at radius 3 is 2.50 bits per heavy atom. The predicted molar refractivity (Wildman–Crippen MR) is 142 cm³/mol. The molecule has 1 amide bonds. The van der Waals surface area contributed by atoms with Crippen molar-refractivity contribution in [2.24, 2.45) is 0 Å². The topological polar surface area (TPSA) is 95.1 Å². The molecule has 1 aromatic carbocycles. The number of halogens is 1. The van der Waals surface area contributed by atoms with Gasteiger partial charge in [0.1, 0.15) is 11.6 Å². The van der Waals surface area contributed by atoms with Gasteiger partial charge in [0.05, 0.1) is 17.0 Å². The average Bonchev–Trinajstić information content (AvgIpc) is 2.82. The van der Waals surface area contributed by atoms with Crippen LogP contribution in [-0.4, -0.2) is 82.4 Å². The number of aryl methyl sites for hydroxylation is 1. The molecular formula is C25H36ClN5O4S. The summed E-state index contributed by atoms with van der Waals surface area (Å²) in [5.74, 6) is 1.20. The van der Waals surface area contributed by atoms with Gasteiger partial charge in [-0.1, -0.05) is 11.6 Å². The number of carbonyl (C=O) groups is 1. The largest absolute Gasteiger partial charge is 0.497 e. The number of pyridine rings is 1. The Hall–Kier alpha value is -2.40. The van der Waals surface area contributed by atoms with Crippen LogP contribution < -0.4 is 15.0 Å². The maximum Gasteiger partial charge on any atom is 0.243 e. The van der Waals surface area contributed by atoms with Crippen molar-refractivity contribution in [2.75, 3.05) is 52.8 Å². The third-order valence-electron chi connectivity index (χ3n) is 6.26. The molecule has 1 aromatic heterocycles. The van der Waals surface area contributed by atoms with Crippen molar-refractivity contribution in [3.8, 4) is 5.75 Å². The maximum atomic E-state index is 13.0. The van der Waals surface area contributed by atoms with E-state index in [9.17, 15) is 13.2 Å². The van der Waals surface area contributed by atoms with Crippen LogP contribution in [0.25, 0.3) is 0 Å². The van der Waals surface area contributed by atoms with E-state index in [-0.39, 0.29) is 29.8 Å². The number of nitrogens with zero attached hydrogens (tertiary/aromatic N) is 4. The van der Waals surface area contributed by atoms with Crippen molar-refractivity contribution < 1.29 is 17.9 Å². The summed E-state index contributed by atoms with van der Waals surface area (Å²) >= 11 is 6.49. The predicted octanol–water partition coefficient (Wildman–Crippen LogP) is 2.91. The van der Waals surface area contributed by atoms with E-state index in [2.05, 4.69) is 20.1 Å². The zero-order chi connectivity index (χ0) is 26.5. The van der Waals surface area contributed by atoms with E-state index in [0.29, 0.717) is 16.3 Å². The first kappa shape index (κ1) is 28.2. The number of methoxy groups -OCH3 is 1. The Morgan fingerprint density at radius 1 is 1.22 bits per heavy atom. The first-order valence-electron chi connectivity index (χ1n) is 12.0. The second-order valence-corrected chi connectivity index (χ2v) is 11.8. The number of anilines is 1. The summed E-state index contributed by atoms with van der Waals surface area (Å²) in [6.45, 7) is 4.06. The molecule has 36 heavy (non-hydrogen) atoms. The summed E-state index contributed by atoms with van der Waals surface area (Å²) < 4.78 is 32.3. The lowest BCUT2D eigenvalue weighted by atomic mass is 10.0. The molecule has 0 aliphatic carbocycles. The minimum Gasteiger partial charge on any atom is -0.497 e. The minimum atomic E-state index is -3.71. The normalized spacial score (nSPS) is 14.9. The fourth-order valence-corrected chi connectivity index (χ4v) is 5.96. The highest BCUT2D eigenvalue weighted by atomic mass is 35.5. The number of ether oxygens (including phenoxy) is 1. The summed E-state index contributed by atoms with van der Waals surface area (Å²) in [6.07, 6.45) is 3.48. The monoisotopic (exact) mass is 537 g/mol. The van der Waals surface area contributed by atoms with E-state index in [4.69, 9.17) is 16.3 Å². The highest BCUT2D eigenvalue weighted by Crippen LogP contribution is 2.27. The van der Waals surface area contributed by atoms with Crippen molar-refractivity contribution in [3.63, 3.8) is 0 Å². The highest BCUT2D eigenvalue weighted by molar-refractivity contribution is 7.89. The number of hydrogen-bond donors (Lipinski definition) is 1. The van der Waals surface area contributed by atoms with Crippen LogP contribution >= 0.6 is 11.6 Å². The summed E-state index contributed by atoms with van der Waals surface area (Å²) in [5.41, 5.74) is 1.66. The van der Waals surface area contributed by atoms with Crippen molar-refractivity contribution in [1.29, 1.82) is 0 Å². The Kier molecular flexibility index (Phi) is 9.57. The van der Waals surface area contributed by atoms with Gasteiger partial charge < -0.3 is 19.9 Å². The van der Waals surface area contributed by atoms with Gasteiger partial charge in [-0.25, -0.2) is 17.7 Å². The van der Waals surface area contributed by atoms with Gasteiger partial charge in [-0.3, -0.25) is 4.79 Å². The third kappa shape index (κ3) is 7.09. The van der Waals surface area contributed by atoms with Gasteiger partial charge in [-0.2, -0.15) is 0 Å². The molecule has 1 fully saturated rings. The molecular weight excluding hydrogens is 502 g/mol. The van der Waals surface area contributed by atoms with Crippen molar-refractivity contribution in [3.05, 3.63) is 46.6 Å². The lowest BCUT2D eigenvalue weighted by Gasteiger charge is -2.33. The van der Waals surface area contributed by atoms with Gasteiger partial charge in [-0.15, -0.1) is 0 Å². The smallest absolute Gasteiger partial charge is 0.243 e. The zero-order valence-electron chi connectivity index (χ0n) is 21.6. The van der Waals surface area contributed by atoms with Crippen LogP contribution in [0.2, 0.25) is 5.02 Å². The molecule has 0 radical (unpaired) electrons. The molecule has 0 unspecified atom stereocenters. The summed E-state index contributed by atoms with van der Waals surface area (Å²) in [5, 5.41) is 3.68. The second kappa shape index (κ2) is 12.2. The first-order chi connectivity index (χ1) is 17.0. The molecule has 0 atom stereocenters. The molecule has 2 aromatic rings. The Morgan fingerprint density at radius 2 is 1.92 bits per heavy atom. The van der Waals surface area contributed by atoms with E-state index in [1.165, 1.54) is 24.5 Å². The van der Waals surface area contributed by atoms with Gasteiger partial charge in [-0.05, 0) is 69.3 Å². The second-order valence-electron chi connectivity index (χ2n) is 9.42. The number of sulfonamides is 1. The number of nitrogens with one attached hydrogen (secondary N) is 1. The molecule has 1 aliphatic heterocycles. The Balaban J connectivity index is 1.48. The van der Waals surface area contributed by atoms with Gasteiger partial charge in [0.15, 0.2) is 0 Å². The molecule has 1 saturated heterocycles. The quantitative estimate of drug-likeness (QED) is 0.498. The molecule has 1 N–H and O–H groups in total. The fourth-order valence-electron chi connectivity index (χ4n) is 4.28. The molecule has 9 nitrogen and oxygen atoms in total. The molecule has 3 rings (SSSR count). The number of amides is 1. The van der Waals surface area contributed by atoms with Crippen LogP contribution in [0.3, 0.4) is 0 Å². The van der Waals surface area contributed by atoms with Crippen LogP contribution in [0, 0.1) is 6.92 Å². The molecule has 0 spiro atoms. The first-order valence-corrected chi connectivity index (χ1v) is 13.8. The number of carbonyl (C=O) groups excluding carboxylic acids is 1. The number of rotatable bonds is 10. The van der Waals surface area contributed by atoms with Gasteiger partial charge in [0.25, 0.3) is 0 Å². The molecule has 0 bridgehead atoms. The summed E-state index contributed by atoms with van der Waals surface area (Å²) in [4.78, 5) is 21.5. The number of hydrogen-bond acceptors (Lipinski definition) is 7. The Bertz CT molecular complexity index is 1170. The number of piperidine rings is 1. The number of benzene rings is 1. The lowest BCUT2D eigenvalue weighted by molar-refractivity contribution is -0.122. The molecule has 198 valence electrons. The average molecular weight is 538 g/mol. The van der Waals surface area contributed by atoms with E-state index >= 15 is 0 Å². The van der Waals surface area contributed by atoms with Gasteiger partial charge in [0.2, 0.25) is 15.9 Å². The molecule has 0 saturated carbocycles. The Labute approximate surface area is 219 Å². The lowest BCUT2D eigenvalue weighted by Crippen LogP contribution is -2.45. The van der Waals surface area contributed by atoms with Crippen LogP contribution in [0.1, 0.15) is 30.4 Å². The van der Waals surface area contributed by atoms with Gasteiger partial charge >= 0.3 is 0 Å². The third-order valence-corrected chi connectivity index (χ3v) is 8.56. The van der Waals surface area contributed by atoms with E-state index in [1.807, 2.05) is 26.4 Å². The van der Waals surface area contributed by atoms with Crippen LogP contribution in [0.4, 0.5) is 5.82 Å². The summed E-state index contributed by atoms with van der Waals surface area (Å²) in [7, 11) is 3.32. The van der Waals surface area contributed by atoms with Crippen molar-refractivity contribution >= 4 is 33.3 Å². The molecule has 1 aliphatic rings. The standard InChI is InChI=1S/C25H36ClN5O4S/c1-18-14-21(35-5)6-7-23(18)36(33,34)30(4)11-10-24(32)28-20-8-12-31(13-9-20)25-22(26)15-19(16-27-25)17-29(2)3/h6-7,14-16,20H,8-13,17H2,1-5H3,(H,28,32). The van der Waals surface area contributed by atoms with E-state index in [1.54, 1.807) is 19.1 Å². The van der Waals surface area contributed by atoms with E-state index in [0.717, 1.165) is 43.9 Å². The van der Waals surface area contributed by atoms with E-state index < -0.39 is 10.0 Å². The van der Waals surface area contributed by atoms with Crippen LogP contribution in [0.5, 0.6) is 5.75 Å². The molecule has 11 heteroatoms.